The first kappa shape index (κ1) is 17.5. The van der Waals surface area contributed by atoms with E-state index in [9.17, 15) is 9.90 Å². The summed E-state index contributed by atoms with van der Waals surface area (Å²) >= 11 is 1.59. The van der Waals surface area contributed by atoms with E-state index in [1.807, 2.05) is 29.0 Å². The van der Waals surface area contributed by atoms with Crippen LogP contribution in [0, 0.1) is 0 Å². The molecule has 2 heterocycles. The Labute approximate surface area is 161 Å². The standard InChI is InChI=1S/C19H21N5O2S/c20-17-22-18(21)24(19(23-17)7-2-1-3-8-19)15-10-12(13-6-9-27-11-13)4-5-14(15)16(25)26/h4-6,9-11H,1-3,7-8H2,(H,25,26)(H4,20,21,22,23). The van der Waals surface area contributed by atoms with Crippen molar-refractivity contribution >= 4 is 34.9 Å². The van der Waals surface area contributed by atoms with Crippen molar-refractivity contribution in [2.24, 2.45) is 21.5 Å². The predicted molar refractivity (Wildman–Crippen MR) is 108 cm³/mol. The van der Waals surface area contributed by atoms with E-state index in [-0.39, 0.29) is 17.5 Å². The molecule has 0 unspecified atom stereocenters. The van der Waals surface area contributed by atoms with Crippen molar-refractivity contribution in [1.29, 1.82) is 0 Å². The van der Waals surface area contributed by atoms with Crippen molar-refractivity contribution < 1.29 is 9.90 Å². The molecule has 1 saturated carbocycles. The van der Waals surface area contributed by atoms with Gasteiger partial charge in [-0.15, -0.1) is 0 Å². The number of anilines is 1. The minimum atomic E-state index is -1.01. The molecule has 4 rings (SSSR count). The van der Waals surface area contributed by atoms with E-state index in [1.54, 1.807) is 22.3 Å². The predicted octanol–water partition coefficient (Wildman–Crippen LogP) is 3.22. The average Bonchev–Trinajstić information content (AvgIpc) is 3.16. The monoisotopic (exact) mass is 383 g/mol. The third-order valence-corrected chi connectivity index (χ3v) is 5.86. The Balaban J connectivity index is 1.90. The van der Waals surface area contributed by atoms with Crippen LogP contribution >= 0.6 is 11.3 Å². The minimum Gasteiger partial charge on any atom is -0.478 e. The maximum absolute atomic E-state index is 11.9. The SMILES string of the molecule is NC1=NC2(CCCCC2)N(c2cc(-c3ccsc3)ccc2C(=O)O)C(N)=N1. The summed E-state index contributed by atoms with van der Waals surface area (Å²) in [5, 5.41) is 13.8. The Morgan fingerprint density at radius 3 is 2.59 bits per heavy atom. The van der Waals surface area contributed by atoms with Gasteiger partial charge < -0.3 is 16.6 Å². The van der Waals surface area contributed by atoms with Crippen LogP contribution in [0.2, 0.25) is 0 Å². The number of guanidine groups is 2. The zero-order valence-corrected chi connectivity index (χ0v) is 15.6. The van der Waals surface area contributed by atoms with Crippen LogP contribution < -0.4 is 16.4 Å². The fourth-order valence-corrected chi connectivity index (χ4v) is 4.64. The molecule has 0 bridgehead atoms. The van der Waals surface area contributed by atoms with Gasteiger partial charge in [0.2, 0.25) is 11.9 Å². The summed E-state index contributed by atoms with van der Waals surface area (Å²) in [5.74, 6) is -0.672. The highest BCUT2D eigenvalue weighted by Gasteiger charge is 2.43. The quantitative estimate of drug-likeness (QED) is 0.752. The van der Waals surface area contributed by atoms with Crippen LogP contribution in [-0.2, 0) is 0 Å². The van der Waals surface area contributed by atoms with Gasteiger partial charge in [-0.1, -0.05) is 12.5 Å². The van der Waals surface area contributed by atoms with E-state index in [0.29, 0.717) is 5.69 Å². The van der Waals surface area contributed by atoms with Crippen molar-refractivity contribution in [1.82, 2.24) is 0 Å². The fraction of sp³-hybridized carbons (Fsp3) is 0.316. The third-order valence-electron chi connectivity index (χ3n) is 5.17. The van der Waals surface area contributed by atoms with Gasteiger partial charge in [-0.2, -0.15) is 16.3 Å². The van der Waals surface area contributed by atoms with E-state index >= 15 is 0 Å². The van der Waals surface area contributed by atoms with Gasteiger partial charge in [0, 0.05) is 0 Å². The number of nitrogens with zero attached hydrogens (tertiary/aromatic N) is 3. The first-order valence-corrected chi connectivity index (χ1v) is 9.84. The summed E-state index contributed by atoms with van der Waals surface area (Å²) in [6.45, 7) is 0. The van der Waals surface area contributed by atoms with Crippen LogP contribution in [0.5, 0.6) is 0 Å². The number of carboxylic acid groups (broad SMARTS) is 1. The molecule has 27 heavy (non-hydrogen) atoms. The topological polar surface area (TPSA) is 117 Å². The Hall–Kier alpha value is -2.87. The van der Waals surface area contributed by atoms with Crippen molar-refractivity contribution in [3.05, 3.63) is 40.6 Å². The normalized spacial score (nSPS) is 18.9. The number of carboxylic acids is 1. The van der Waals surface area contributed by atoms with Crippen LogP contribution in [-0.4, -0.2) is 28.7 Å². The molecule has 0 amide bonds. The number of thiophene rings is 1. The highest BCUT2D eigenvalue weighted by molar-refractivity contribution is 7.08. The first-order valence-electron chi connectivity index (χ1n) is 8.90. The zero-order valence-electron chi connectivity index (χ0n) is 14.8. The second-order valence-corrected chi connectivity index (χ2v) is 7.65. The molecular formula is C19H21N5O2S. The molecule has 8 heteroatoms. The third kappa shape index (κ3) is 3.06. The van der Waals surface area contributed by atoms with Crippen molar-refractivity contribution in [3.8, 4) is 11.1 Å². The Morgan fingerprint density at radius 1 is 1.15 bits per heavy atom. The van der Waals surface area contributed by atoms with Crippen molar-refractivity contribution in [2.45, 2.75) is 37.8 Å². The smallest absolute Gasteiger partial charge is 0.337 e. The molecule has 7 nitrogen and oxygen atoms in total. The van der Waals surface area contributed by atoms with Gasteiger partial charge in [0.05, 0.1) is 11.3 Å². The van der Waals surface area contributed by atoms with E-state index in [4.69, 9.17) is 11.5 Å². The van der Waals surface area contributed by atoms with Gasteiger partial charge in [0.1, 0.15) is 5.66 Å². The summed E-state index contributed by atoms with van der Waals surface area (Å²) in [6.07, 6.45) is 4.58. The molecule has 1 aromatic carbocycles. The number of carbonyl (C=O) groups is 1. The summed E-state index contributed by atoms with van der Waals surface area (Å²) < 4.78 is 0. The van der Waals surface area contributed by atoms with Crippen LogP contribution in [0.3, 0.4) is 0 Å². The van der Waals surface area contributed by atoms with Gasteiger partial charge in [-0.05, 0) is 65.8 Å². The summed E-state index contributed by atoms with van der Waals surface area (Å²) in [6, 6.07) is 7.30. The molecule has 0 atom stereocenters. The van der Waals surface area contributed by atoms with Gasteiger partial charge in [0.15, 0.2) is 0 Å². The van der Waals surface area contributed by atoms with Crippen LogP contribution in [0.15, 0.2) is 45.0 Å². The molecule has 1 spiro atoms. The van der Waals surface area contributed by atoms with Crippen molar-refractivity contribution in [3.63, 3.8) is 0 Å². The minimum absolute atomic E-state index is 0.150. The summed E-state index contributed by atoms with van der Waals surface area (Å²) in [5.41, 5.74) is 14.2. The first-order chi connectivity index (χ1) is 13.0. The average molecular weight is 383 g/mol. The molecule has 5 N–H and O–H groups in total. The lowest BCUT2D eigenvalue weighted by Gasteiger charge is -2.46. The van der Waals surface area contributed by atoms with Gasteiger partial charge in [0.25, 0.3) is 0 Å². The van der Waals surface area contributed by atoms with Gasteiger partial charge in [-0.3, -0.25) is 4.90 Å². The number of benzene rings is 1. The van der Waals surface area contributed by atoms with E-state index < -0.39 is 11.6 Å². The molecule has 140 valence electrons. The molecule has 1 aliphatic heterocycles. The second kappa shape index (κ2) is 6.70. The molecule has 1 aromatic heterocycles. The van der Waals surface area contributed by atoms with Gasteiger partial charge >= 0.3 is 5.97 Å². The maximum Gasteiger partial charge on any atom is 0.337 e. The van der Waals surface area contributed by atoms with Crippen LogP contribution in [0.1, 0.15) is 42.5 Å². The Bertz CT molecular complexity index is 930. The highest BCUT2D eigenvalue weighted by Crippen LogP contribution is 2.41. The van der Waals surface area contributed by atoms with E-state index in [0.717, 1.165) is 43.2 Å². The second-order valence-electron chi connectivity index (χ2n) is 6.87. The zero-order chi connectivity index (χ0) is 19.0. The Kier molecular flexibility index (Phi) is 4.35. The number of hydrogen-bond acceptors (Lipinski definition) is 7. The number of aliphatic imine (C=N–C) groups is 2. The van der Waals surface area contributed by atoms with Crippen molar-refractivity contribution in [2.75, 3.05) is 4.90 Å². The lowest BCUT2D eigenvalue weighted by Crippen LogP contribution is -2.58. The molecular weight excluding hydrogens is 362 g/mol. The highest BCUT2D eigenvalue weighted by atomic mass is 32.1. The number of hydrogen-bond donors (Lipinski definition) is 3. The van der Waals surface area contributed by atoms with E-state index in [2.05, 4.69) is 9.98 Å². The molecule has 0 radical (unpaired) electrons. The largest absolute Gasteiger partial charge is 0.478 e. The molecule has 1 fully saturated rings. The number of aromatic carboxylic acids is 1. The number of rotatable bonds is 3. The Morgan fingerprint density at radius 2 is 1.93 bits per heavy atom. The molecule has 2 aromatic rings. The fourth-order valence-electron chi connectivity index (χ4n) is 3.98. The maximum atomic E-state index is 11.9. The molecule has 1 aliphatic carbocycles. The van der Waals surface area contributed by atoms with Gasteiger partial charge in [-0.25, -0.2) is 9.79 Å². The summed E-state index contributed by atoms with van der Waals surface area (Å²) in [4.78, 5) is 22.5. The summed E-state index contributed by atoms with van der Waals surface area (Å²) in [7, 11) is 0. The lowest BCUT2D eigenvalue weighted by molar-refractivity contribution is 0.0697. The molecule has 2 aliphatic rings. The number of nitrogens with two attached hydrogens (primary N) is 2. The lowest BCUT2D eigenvalue weighted by atomic mass is 9.86. The van der Waals surface area contributed by atoms with Crippen LogP contribution in [0.25, 0.3) is 11.1 Å². The van der Waals surface area contributed by atoms with E-state index in [1.165, 1.54) is 0 Å². The molecule has 0 saturated heterocycles. The van der Waals surface area contributed by atoms with Crippen LogP contribution in [0.4, 0.5) is 5.69 Å².